The lowest BCUT2D eigenvalue weighted by Gasteiger charge is -2.28. The van der Waals surface area contributed by atoms with Gasteiger partial charge in [0.2, 0.25) is 0 Å². The molecule has 1 unspecified atom stereocenters. The second kappa shape index (κ2) is 8.18. The van der Waals surface area contributed by atoms with E-state index in [1.54, 1.807) is 28.4 Å². The lowest BCUT2D eigenvalue weighted by molar-refractivity contribution is 0.351. The van der Waals surface area contributed by atoms with Crippen LogP contribution in [0.15, 0.2) is 28.7 Å². The van der Waals surface area contributed by atoms with Gasteiger partial charge in [0.25, 0.3) is 0 Å². The molecule has 1 aliphatic rings. The molecule has 1 atom stereocenters. The SMILES string of the molecule is COc1cc(Br)c(CC2NCCc3cc(OC)c(OC)cc32)cc1OC. The van der Waals surface area contributed by atoms with Crippen molar-refractivity contribution in [3.05, 3.63) is 45.4 Å². The zero-order valence-corrected chi connectivity index (χ0v) is 17.1. The van der Waals surface area contributed by atoms with Gasteiger partial charge in [0, 0.05) is 10.5 Å². The first-order valence-electron chi connectivity index (χ1n) is 8.49. The van der Waals surface area contributed by atoms with Gasteiger partial charge < -0.3 is 24.3 Å². The molecule has 0 aromatic heterocycles. The van der Waals surface area contributed by atoms with Gasteiger partial charge in [-0.1, -0.05) is 15.9 Å². The summed E-state index contributed by atoms with van der Waals surface area (Å²) in [5.41, 5.74) is 3.70. The fraction of sp³-hybridized carbons (Fsp3) is 0.400. The van der Waals surface area contributed by atoms with Crippen molar-refractivity contribution in [1.82, 2.24) is 5.32 Å². The lowest BCUT2D eigenvalue weighted by Crippen LogP contribution is -2.31. The van der Waals surface area contributed by atoms with E-state index in [0.29, 0.717) is 5.75 Å². The molecule has 1 aliphatic heterocycles. The normalized spacial score (nSPS) is 16.0. The molecule has 0 spiro atoms. The number of halogens is 1. The molecule has 0 fully saturated rings. The molecule has 26 heavy (non-hydrogen) atoms. The number of nitrogens with one attached hydrogen (secondary N) is 1. The largest absolute Gasteiger partial charge is 0.493 e. The van der Waals surface area contributed by atoms with E-state index in [1.165, 1.54) is 11.1 Å². The number of benzene rings is 2. The molecule has 0 bridgehead atoms. The summed E-state index contributed by atoms with van der Waals surface area (Å²) in [6.07, 6.45) is 1.79. The number of hydrogen-bond acceptors (Lipinski definition) is 5. The molecule has 2 aromatic rings. The van der Waals surface area contributed by atoms with Gasteiger partial charge in [-0.15, -0.1) is 0 Å². The number of ether oxygens (including phenoxy) is 4. The van der Waals surface area contributed by atoms with Crippen molar-refractivity contribution in [3.63, 3.8) is 0 Å². The van der Waals surface area contributed by atoms with Gasteiger partial charge in [-0.25, -0.2) is 0 Å². The second-order valence-corrected chi connectivity index (χ2v) is 7.02. The molecule has 6 heteroatoms. The van der Waals surface area contributed by atoms with Crippen molar-refractivity contribution in [2.45, 2.75) is 18.9 Å². The maximum absolute atomic E-state index is 5.49. The van der Waals surface area contributed by atoms with Crippen molar-refractivity contribution in [1.29, 1.82) is 0 Å². The van der Waals surface area contributed by atoms with Crippen molar-refractivity contribution >= 4 is 15.9 Å². The summed E-state index contributed by atoms with van der Waals surface area (Å²) in [6, 6.07) is 8.34. The third-order valence-corrected chi connectivity index (χ3v) is 5.52. The van der Waals surface area contributed by atoms with Gasteiger partial charge in [0.15, 0.2) is 23.0 Å². The minimum Gasteiger partial charge on any atom is -0.493 e. The van der Waals surface area contributed by atoms with E-state index >= 15 is 0 Å². The molecular weight excluding hydrogens is 398 g/mol. The third kappa shape index (κ3) is 3.62. The van der Waals surface area contributed by atoms with E-state index in [9.17, 15) is 0 Å². The highest BCUT2D eigenvalue weighted by molar-refractivity contribution is 9.10. The molecule has 140 valence electrons. The van der Waals surface area contributed by atoms with Crippen LogP contribution in [0.5, 0.6) is 23.0 Å². The van der Waals surface area contributed by atoms with Gasteiger partial charge in [0.05, 0.1) is 28.4 Å². The summed E-state index contributed by atoms with van der Waals surface area (Å²) >= 11 is 3.66. The van der Waals surface area contributed by atoms with Crippen LogP contribution in [0.25, 0.3) is 0 Å². The van der Waals surface area contributed by atoms with Crippen LogP contribution in [0, 0.1) is 0 Å². The topological polar surface area (TPSA) is 49.0 Å². The third-order valence-electron chi connectivity index (χ3n) is 4.78. The Morgan fingerprint density at radius 3 is 2.12 bits per heavy atom. The summed E-state index contributed by atoms with van der Waals surface area (Å²) in [5.74, 6) is 2.98. The van der Waals surface area contributed by atoms with Crippen LogP contribution in [0.3, 0.4) is 0 Å². The zero-order valence-electron chi connectivity index (χ0n) is 15.5. The highest BCUT2D eigenvalue weighted by Gasteiger charge is 2.24. The highest BCUT2D eigenvalue weighted by atomic mass is 79.9. The molecule has 0 saturated carbocycles. The summed E-state index contributed by atoms with van der Waals surface area (Å²) in [5, 5.41) is 3.62. The van der Waals surface area contributed by atoms with Gasteiger partial charge in [0.1, 0.15) is 0 Å². The Morgan fingerprint density at radius 2 is 1.46 bits per heavy atom. The Balaban J connectivity index is 1.96. The monoisotopic (exact) mass is 421 g/mol. The molecule has 3 rings (SSSR count). The summed E-state index contributed by atoms with van der Waals surface area (Å²) in [4.78, 5) is 0. The van der Waals surface area contributed by atoms with Crippen molar-refractivity contribution in [2.24, 2.45) is 0 Å². The Morgan fingerprint density at radius 1 is 0.885 bits per heavy atom. The van der Waals surface area contributed by atoms with Crippen LogP contribution in [0.2, 0.25) is 0 Å². The van der Waals surface area contributed by atoms with Crippen LogP contribution in [-0.2, 0) is 12.8 Å². The fourth-order valence-electron chi connectivity index (χ4n) is 3.42. The minimum absolute atomic E-state index is 0.188. The summed E-state index contributed by atoms with van der Waals surface area (Å²) in [6.45, 7) is 0.929. The molecule has 0 radical (unpaired) electrons. The molecular formula is C20H24BrNO4. The highest BCUT2D eigenvalue weighted by Crippen LogP contribution is 2.39. The maximum atomic E-state index is 5.49. The molecule has 0 aliphatic carbocycles. The average Bonchev–Trinajstić information content (AvgIpc) is 2.68. The number of hydrogen-bond donors (Lipinski definition) is 1. The number of methoxy groups -OCH3 is 4. The Hall–Kier alpha value is -1.92. The quantitative estimate of drug-likeness (QED) is 0.765. The first-order chi connectivity index (χ1) is 12.6. The number of rotatable bonds is 6. The Labute approximate surface area is 162 Å². The lowest BCUT2D eigenvalue weighted by atomic mass is 9.89. The first kappa shape index (κ1) is 18.9. The molecule has 5 nitrogen and oxygen atoms in total. The molecule has 1 N–H and O–H groups in total. The second-order valence-electron chi connectivity index (χ2n) is 6.17. The van der Waals surface area contributed by atoms with Gasteiger partial charge in [-0.2, -0.15) is 0 Å². The van der Waals surface area contributed by atoms with Crippen molar-refractivity contribution in [3.8, 4) is 23.0 Å². The van der Waals surface area contributed by atoms with Gasteiger partial charge >= 0.3 is 0 Å². The smallest absolute Gasteiger partial charge is 0.161 e. The van der Waals surface area contributed by atoms with Crippen LogP contribution >= 0.6 is 15.9 Å². The van der Waals surface area contributed by atoms with E-state index in [-0.39, 0.29) is 6.04 Å². The Kier molecular flexibility index (Phi) is 5.94. The zero-order chi connectivity index (χ0) is 18.7. The molecule has 1 heterocycles. The van der Waals surface area contributed by atoms with E-state index in [1.807, 2.05) is 12.1 Å². The van der Waals surface area contributed by atoms with Crippen molar-refractivity contribution in [2.75, 3.05) is 35.0 Å². The van der Waals surface area contributed by atoms with Crippen LogP contribution in [0.4, 0.5) is 0 Å². The average molecular weight is 422 g/mol. The van der Waals surface area contributed by atoms with E-state index in [2.05, 4.69) is 33.4 Å². The predicted octanol–water partition coefficient (Wildman–Crippen LogP) is 3.91. The molecule has 0 saturated heterocycles. The van der Waals surface area contributed by atoms with Gasteiger partial charge in [-0.3, -0.25) is 0 Å². The maximum Gasteiger partial charge on any atom is 0.161 e. The number of fused-ring (bicyclic) bond motifs is 1. The standard InChI is InChI=1S/C20H24BrNO4/c1-23-17-8-12-5-6-22-16(14(12)10-19(17)25-3)7-13-9-18(24-2)20(26-4)11-15(13)21/h8-11,16,22H,5-7H2,1-4H3. The fourth-order valence-corrected chi connectivity index (χ4v) is 3.91. The molecule has 0 amide bonds. The first-order valence-corrected chi connectivity index (χ1v) is 9.29. The van der Waals surface area contributed by atoms with Crippen LogP contribution in [-0.4, -0.2) is 35.0 Å². The Bertz CT molecular complexity index is 794. The van der Waals surface area contributed by atoms with Gasteiger partial charge in [-0.05, 0) is 60.3 Å². The van der Waals surface area contributed by atoms with Crippen LogP contribution in [0.1, 0.15) is 22.7 Å². The van der Waals surface area contributed by atoms with Crippen molar-refractivity contribution < 1.29 is 18.9 Å². The minimum atomic E-state index is 0.188. The summed E-state index contributed by atoms with van der Waals surface area (Å²) < 4.78 is 22.8. The van der Waals surface area contributed by atoms with E-state index < -0.39 is 0 Å². The van der Waals surface area contributed by atoms with E-state index in [4.69, 9.17) is 18.9 Å². The predicted molar refractivity (Wildman–Crippen MR) is 105 cm³/mol. The molecule has 2 aromatic carbocycles. The summed E-state index contributed by atoms with van der Waals surface area (Å²) in [7, 11) is 6.63. The van der Waals surface area contributed by atoms with E-state index in [0.717, 1.165) is 46.7 Å². The van der Waals surface area contributed by atoms with Crippen LogP contribution < -0.4 is 24.3 Å².